The molecular weight excluding hydrogens is 1290 g/mol. The van der Waals surface area contributed by atoms with Crippen LogP contribution in [0.4, 0.5) is 54.1 Å². The highest BCUT2D eigenvalue weighted by atomic mass is 32.2. The normalized spacial score (nSPS) is 11.1. The summed E-state index contributed by atoms with van der Waals surface area (Å²) in [6, 6.07) is 28.2. The summed E-state index contributed by atoms with van der Waals surface area (Å²) in [7, 11) is -6.50. The van der Waals surface area contributed by atoms with Crippen LogP contribution in [0.25, 0.3) is 55.4 Å². The van der Waals surface area contributed by atoms with Crippen LogP contribution in [0.3, 0.4) is 0 Å². The molecule has 4 heterocycles. The Bertz CT molecular complexity index is 4900. The quantitative estimate of drug-likeness (QED) is 0.0396. The van der Waals surface area contributed by atoms with Crippen molar-refractivity contribution in [2.45, 2.75) is 15.5 Å². The molecule has 2 atom stereocenters. The molecule has 16 nitrogen and oxygen atoms in total. The van der Waals surface area contributed by atoms with Gasteiger partial charge in [-0.2, -0.15) is 52.3 Å². The van der Waals surface area contributed by atoms with Crippen LogP contribution < -0.4 is 30.5 Å². The molecule has 4 aromatic heterocycles. The second kappa shape index (κ2) is 27.8. The predicted molar refractivity (Wildman–Crippen MR) is 318 cm³/mol. The van der Waals surface area contributed by atoms with Crippen molar-refractivity contribution in [3.63, 3.8) is 0 Å². The number of halogens is 11. The van der Waals surface area contributed by atoms with Crippen molar-refractivity contribution in [2.75, 3.05) is 20.0 Å². The Balaban J connectivity index is 0.000000227. The lowest BCUT2D eigenvalue weighted by molar-refractivity contribution is 0.346. The number of nitrogens with two attached hydrogens (primary N) is 1. The summed E-state index contributed by atoms with van der Waals surface area (Å²) in [5.41, 5.74) is 4.08. The number of hydrogen-bond acceptors (Lipinski definition) is 14. The van der Waals surface area contributed by atoms with E-state index in [4.69, 9.17) is 15.2 Å². The number of methoxy groups -OCH3 is 2. The van der Waals surface area contributed by atoms with Crippen molar-refractivity contribution in [1.82, 2.24) is 29.5 Å². The molecule has 90 heavy (non-hydrogen) atoms. The summed E-state index contributed by atoms with van der Waals surface area (Å²) in [6.45, 7) is 0. The van der Waals surface area contributed by atoms with Gasteiger partial charge in [-0.05, 0) is 120 Å². The lowest BCUT2D eigenvalue weighted by atomic mass is 10.0. The van der Waals surface area contributed by atoms with Gasteiger partial charge in [0.2, 0.25) is 34.8 Å². The van der Waals surface area contributed by atoms with Crippen LogP contribution in [0.2, 0.25) is 0 Å². The maximum absolute atomic E-state index is 15.3. The first-order valence-electron chi connectivity index (χ1n) is 24.8. The van der Waals surface area contributed by atoms with Gasteiger partial charge in [0.25, 0.3) is 11.1 Å². The van der Waals surface area contributed by atoms with Crippen molar-refractivity contribution in [3.8, 4) is 50.9 Å². The van der Waals surface area contributed by atoms with E-state index in [1.54, 1.807) is 30.5 Å². The Morgan fingerprint density at radius 1 is 0.467 bits per heavy atom. The molecule has 0 amide bonds. The average Bonchev–Trinajstić information content (AvgIpc) is 0.901. The second-order valence-corrected chi connectivity index (χ2v) is 21.8. The largest absolute Gasteiger partial charge is 0.495 e. The minimum atomic E-state index is -5.21. The number of nitrogen functional groups attached to an aromatic ring is 1. The molecule has 466 valence electrons. The highest BCUT2D eigenvalue weighted by Gasteiger charge is 2.32. The van der Waals surface area contributed by atoms with Gasteiger partial charge in [0.15, 0.2) is 33.1 Å². The zero-order chi connectivity index (χ0) is 63.5. The van der Waals surface area contributed by atoms with E-state index in [1.807, 2.05) is 0 Å². The van der Waals surface area contributed by atoms with Crippen molar-refractivity contribution < 1.29 is 78.8 Å². The van der Waals surface area contributed by atoms with E-state index in [0.717, 1.165) is 83.4 Å². The maximum atomic E-state index is 15.3. The monoisotopic (exact) mass is 1330 g/mol. The lowest BCUT2D eigenvalue weighted by Gasteiger charge is -2.17. The number of hydrogen-bond donors (Lipinski definition) is 1. The van der Waals surface area contributed by atoms with E-state index < -0.39 is 106 Å². The lowest BCUT2D eigenvalue weighted by Crippen LogP contribution is -2.19. The maximum Gasteiger partial charge on any atom is 0.339 e. The van der Waals surface area contributed by atoms with Crippen LogP contribution in [-0.4, -0.2) is 60.6 Å². The second-order valence-electron chi connectivity index (χ2n) is 18.3. The van der Waals surface area contributed by atoms with E-state index in [9.17, 15) is 65.9 Å². The van der Waals surface area contributed by atoms with Gasteiger partial charge in [0.05, 0.1) is 53.0 Å². The number of pyridine rings is 2. The van der Waals surface area contributed by atoms with Gasteiger partial charge in [-0.25, -0.2) is 47.9 Å². The van der Waals surface area contributed by atoms with E-state index in [1.165, 1.54) is 67.4 Å². The summed E-state index contributed by atoms with van der Waals surface area (Å²) in [5, 5.41) is 14.9. The highest BCUT2D eigenvalue weighted by molar-refractivity contribution is 7.90. The summed E-state index contributed by atoms with van der Waals surface area (Å²) in [4.78, 5) is 25.0. The molecule has 2 N–H and O–H groups in total. The van der Waals surface area contributed by atoms with Crippen LogP contribution >= 0.6 is 19.8 Å². The van der Waals surface area contributed by atoms with E-state index in [0.29, 0.717) is 16.7 Å². The minimum Gasteiger partial charge on any atom is -0.495 e. The van der Waals surface area contributed by atoms with Crippen LogP contribution in [0.5, 0.6) is 17.2 Å². The van der Waals surface area contributed by atoms with Crippen molar-refractivity contribution >= 4 is 67.4 Å². The summed E-state index contributed by atoms with van der Waals surface area (Å²) < 4.78 is 222. The van der Waals surface area contributed by atoms with Crippen LogP contribution in [-0.2, 0) is 25.7 Å². The van der Waals surface area contributed by atoms with Crippen molar-refractivity contribution in [2.24, 2.45) is 0 Å². The van der Waals surface area contributed by atoms with Gasteiger partial charge < -0.3 is 19.4 Å². The van der Waals surface area contributed by atoms with Gasteiger partial charge in [-0.3, -0.25) is 18.7 Å². The van der Waals surface area contributed by atoms with Gasteiger partial charge >= 0.3 is 10.1 Å². The predicted octanol–water partition coefficient (Wildman–Crippen LogP) is 11.6. The zero-order valence-corrected chi connectivity index (χ0v) is 50.5. The highest BCUT2D eigenvalue weighted by Crippen LogP contribution is 2.38. The molecular formula is C59H42F11N7O9P2S2. The first-order chi connectivity index (χ1) is 41.8. The Hall–Kier alpha value is -9.69. The van der Waals surface area contributed by atoms with Crippen LogP contribution in [0.15, 0.2) is 177 Å². The summed E-state index contributed by atoms with van der Waals surface area (Å²) in [6.07, 6.45) is 3.02. The molecule has 11 aromatic rings. The van der Waals surface area contributed by atoms with Crippen molar-refractivity contribution in [1.29, 1.82) is 0 Å². The number of nitrogens with zero attached hydrogens (tertiary/aromatic N) is 6. The third-order valence-corrected chi connectivity index (χ3v) is 15.6. The number of ether oxygens (including phenoxy) is 2. The Morgan fingerprint density at radius 2 is 0.911 bits per heavy atom. The smallest absolute Gasteiger partial charge is 0.339 e. The molecule has 0 saturated carbocycles. The molecule has 7 aromatic carbocycles. The summed E-state index contributed by atoms with van der Waals surface area (Å²) >= 11 is 0. The fourth-order valence-corrected chi connectivity index (χ4v) is 10.9. The third kappa shape index (κ3) is 14.1. The third-order valence-electron chi connectivity index (χ3n) is 12.8. The Kier molecular flexibility index (Phi) is 20.9. The standard InChI is InChI=1S/C28H13F8NO5S.C27H18F3N3O4S.C4H5N3.2H3P/c1-41-21-10-15(12-2-5-16(29)18(31)9-12)17(30)11-20(21)37-19-6-4-14(8-13(19)3-7-22(37)38)43(39,40)42-28-26(35)24(33)23(32)25(34)27(28)36;1-37-26-13-20(16-4-7-21(28)23(30)12-16)22(29)14-25(26)33-24-8-6-19(11-17(24)5-9-27(33)34)38(35,36)15-18-3-2-10-31-32-18;5-4-2-1-3-6-7-4;;/h2-11H,1H3;2-14H,15H2,1H3;1-3H,(H2,5,7);2*1H3. The number of aromatic nitrogens is 6. The fraction of sp³-hybridized carbons (Fsp3) is 0.0508. The van der Waals surface area contributed by atoms with E-state index in [2.05, 4.69) is 24.6 Å². The van der Waals surface area contributed by atoms with Gasteiger partial charge in [0.1, 0.15) is 33.8 Å². The SMILES string of the molecule is COc1cc(-c2ccc(F)c(F)c2)c(F)cc1-n1c(=O)ccc2cc(S(=O)(=O)Cc3cccnn3)ccc21.COc1cc(-c2ccc(F)c(F)c2)c(F)cc1-n1c(=O)ccc2cc(S(=O)(=O)Oc3c(F)c(F)c(F)c(F)c3F)ccc21.Nc1cccnn1.P.P. The Morgan fingerprint density at radius 3 is 1.32 bits per heavy atom. The van der Waals surface area contributed by atoms with Crippen LogP contribution in [0.1, 0.15) is 5.69 Å². The number of fused-ring (bicyclic) bond motifs is 2. The molecule has 0 aliphatic rings. The molecule has 0 fully saturated rings. The molecule has 0 radical (unpaired) electrons. The molecule has 0 aliphatic carbocycles. The van der Waals surface area contributed by atoms with Crippen LogP contribution in [0, 0.1) is 64.0 Å². The van der Waals surface area contributed by atoms with Crippen molar-refractivity contribution in [3.05, 3.63) is 248 Å². The molecule has 0 spiro atoms. The van der Waals surface area contributed by atoms with E-state index in [-0.39, 0.29) is 92.2 Å². The average molecular weight is 1330 g/mol. The van der Waals surface area contributed by atoms with Gasteiger partial charge in [-0.1, -0.05) is 12.1 Å². The fourth-order valence-electron chi connectivity index (χ4n) is 8.64. The molecule has 0 bridgehead atoms. The molecule has 11 rings (SSSR count). The minimum absolute atomic E-state index is 0. The molecule has 31 heteroatoms. The summed E-state index contributed by atoms with van der Waals surface area (Å²) in [5.74, 6) is -20.8. The first kappa shape index (κ1) is 67.8. The van der Waals surface area contributed by atoms with E-state index >= 15 is 8.78 Å². The topological polar surface area (TPSA) is 218 Å². The number of sulfone groups is 1. The molecule has 0 saturated heterocycles. The first-order valence-corrected chi connectivity index (χ1v) is 27.8. The number of anilines is 1. The molecule has 0 aliphatic heterocycles. The zero-order valence-electron chi connectivity index (χ0n) is 46.0. The van der Waals surface area contributed by atoms with Gasteiger partial charge in [-0.15, -0.1) is 5.10 Å². The van der Waals surface area contributed by atoms with Gasteiger partial charge in [0, 0.05) is 58.6 Å². The number of benzene rings is 7. The Labute approximate surface area is 508 Å². The molecule has 2 unspecified atom stereocenters. The number of rotatable bonds is 12.